The van der Waals surface area contributed by atoms with Crippen LogP contribution in [-0.4, -0.2) is 18.5 Å². The fraction of sp³-hybridized carbons (Fsp3) is 0.0833. The van der Waals surface area contributed by atoms with E-state index in [2.05, 4.69) is 9.71 Å². The maximum absolute atomic E-state index is 11.7. The van der Waals surface area contributed by atoms with Gasteiger partial charge < -0.3 is 9.29 Å². The topological polar surface area (TPSA) is 88.5 Å². The molecule has 0 spiro atoms. The summed E-state index contributed by atoms with van der Waals surface area (Å²) in [6, 6.07) is 11.0. The van der Waals surface area contributed by atoms with Crippen molar-refractivity contribution in [3.8, 4) is 11.5 Å². The van der Waals surface area contributed by atoms with Crippen molar-refractivity contribution in [3.63, 3.8) is 0 Å². The number of aromatic hydroxyl groups is 1. The van der Waals surface area contributed by atoms with Gasteiger partial charge in [-0.2, -0.15) is 13.1 Å². The van der Waals surface area contributed by atoms with Gasteiger partial charge in [0.1, 0.15) is 0 Å². The molecule has 2 aromatic rings. The number of aromatic nitrogens is 1. The molecule has 1 aromatic carbocycles. The van der Waals surface area contributed by atoms with Crippen LogP contribution in [0.3, 0.4) is 0 Å². The van der Waals surface area contributed by atoms with E-state index >= 15 is 0 Å². The van der Waals surface area contributed by atoms with Crippen molar-refractivity contribution in [3.05, 3.63) is 54.4 Å². The van der Waals surface area contributed by atoms with Crippen LogP contribution in [0.15, 0.2) is 48.7 Å². The van der Waals surface area contributed by atoms with Crippen LogP contribution in [0.1, 0.15) is 5.69 Å². The highest BCUT2D eigenvalue weighted by Crippen LogP contribution is 2.25. The van der Waals surface area contributed by atoms with Crippen LogP contribution in [0.25, 0.3) is 0 Å². The van der Waals surface area contributed by atoms with E-state index in [1.807, 2.05) is 0 Å². The number of hydrogen-bond donors (Lipinski definition) is 2. The first-order chi connectivity index (χ1) is 9.07. The molecule has 0 saturated heterocycles. The first-order valence-electron chi connectivity index (χ1n) is 5.44. The Balaban J connectivity index is 2.02. The molecular weight excluding hydrogens is 268 g/mol. The molecule has 0 radical (unpaired) electrons. The zero-order valence-electron chi connectivity index (χ0n) is 9.85. The van der Waals surface area contributed by atoms with Crippen LogP contribution < -0.4 is 8.91 Å². The predicted molar refractivity (Wildman–Crippen MR) is 68.7 cm³/mol. The second-order valence-corrected chi connectivity index (χ2v) is 5.01. The lowest BCUT2D eigenvalue weighted by atomic mass is 10.3. The Morgan fingerprint density at radius 1 is 1.16 bits per heavy atom. The highest BCUT2D eigenvalue weighted by atomic mass is 32.2. The number of hydrogen-bond acceptors (Lipinski definition) is 5. The van der Waals surface area contributed by atoms with Crippen LogP contribution in [0.5, 0.6) is 11.5 Å². The lowest BCUT2D eigenvalue weighted by Gasteiger charge is -2.08. The lowest BCUT2D eigenvalue weighted by Crippen LogP contribution is -2.28. The number of para-hydroxylation sites is 2. The predicted octanol–water partition coefficient (Wildman–Crippen LogP) is 1.20. The van der Waals surface area contributed by atoms with E-state index in [1.54, 1.807) is 36.5 Å². The van der Waals surface area contributed by atoms with Gasteiger partial charge in [0, 0.05) is 6.20 Å². The zero-order valence-corrected chi connectivity index (χ0v) is 10.7. The van der Waals surface area contributed by atoms with Crippen LogP contribution in [0, 0.1) is 0 Å². The summed E-state index contributed by atoms with van der Waals surface area (Å²) in [5.74, 6) is -0.373. The first-order valence-corrected chi connectivity index (χ1v) is 6.85. The van der Waals surface area contributed by atoms with Crippen molar-refractivity contribution in [1.29, 1.82) is 0 Å². The van der Waals surface area contributed by atoms with E-state index in [0.29, 0.717) is 5.69 Å². The summed E-state index contributed by atoms with van der Waals surface area (Å²) >= 11 is 0. The molecule has 0 aliphatic rings. The molecule has 0 bridgehead atoms. The Morgan fingerprint density at radius 2 is 1.89 bits per heavy atom. The fourth-order valence-electron chi connectivity index (χ4n) is 1.34. The Kier molecular flexibility index (Phi) is 3.98. The molecule has 2 rings (SSSR count). The van der Waals surface area contributed by atoms with Gasteiger partial charge >= 0.3 is 10.3 Å². The molecule has 0 saturated carbocycles. The summed E-state index contributed by atoms with van der Waals surface area (Å²) in [4.78, 5) is 3.97. The van der Waals surface area contributed by atoms with E-state index < -0.39 is 10.3 Å². The molecule has 0 aliphatic carbocycles. The minimum atomic E-state index is -4.01. The third-order valence-corrected chi connectivity index (χ3v) is 3.12. The average molecular weight is 280 g/mol. The normalized spacial score (nSPS) is 11.2. The Bertz CT molecular complexity index is 644. The largest absolute Gasteiger partial charge is 0.504 e. The highest BCUT2D eigenvalue weighted by Gasteiger charge is 2.14. The lowest BCUT2D eigenvalue weighted by molar-refractivity contribution is 0.422. The third-order valence-electron chi connectivity index (χ3n) is 2.22. The highest BCUT2D eigenvalue weighted by molar-refractivity contribution is 7.85. The van der Waals surface area contributed by atoms with E-state index in [-0.39, 0.29) is 18.0 Å². The zero-order chi connectivity index (χ0) is 13.7. The molecular formula is C12H12N2O4S. The summed E-state index contributed by atoms with van der Waals surface area (Å²) in [7, 11) is -4.01. The number of pyridine rings is 1. The maximum Gasteiger partial charge on any atom is 0.383 e. The molecule has 0 amide bonds. The van der Waals surface area contributed by atoms with Crippen molar-refractivity contribution >= 4 is 10.3 Å². The maximum atomic E-state index is 11.7. The van der Waals surface area contributed by atoms with E-state index in [0.717, 1.165) is 0 Å². The minimum absolute atomic E-state index is 0.0107. The van der Waals surface area contributed by atoms with Gasteiger partial charge in [0.25, 0.3) is 0 Å². The van der Waals surface area contributed by atoms with Gasteiger partial charge in [0.05, 0.1) is 12.2 Å². The summed E-state index contributed by atoms with van der Waals surface area (Å²) in [5, 5.41) is 9.43. The van der Waals surface area contributed by atoms with Gasteiger partial charge in [-0.3, -0.25) is 4.98 Å². The summed E-state index contributed by atoms with van der Waals surface area (Å²) in [6.07, 6.45) is 1.56. The molecule has 100 valence electrons. The van der Waals surface area contributed by atoms with E-state index in [4.69, 9.17) is 4.18 Å². The van der Waals surface area contributed by atoms with E-state index in [9.17, 15) is 13.5 Å². The molecule has 2 N–H and O–H groups in total. The minimum Gasteiger partial charge on any atom is -0.504 e. The number of nitrogens with zero attached hydrogens (tertiary/aromatic N) is 1. The molecule has 0 aliphatic heterocycles. The van der Waals surface area contributed by atoms with Crippen molar-refractivity contribution in [2.75, 3.05) is 0 Å². The summed E-state index contributed by atoms with van der Waals surface area (Å²) < 4.78 is 30.3. The molecule has 6 nitrogen and oxygen atoms in total. The van der Waals surface area contributed by atoms with Crippen molar-refractivity contribution < 1.29 is 17.7 Å². The number of phenolic OH excluding ortho intramolecular Hbond substituents is 1. The number of rotatable bonds is 5. The quantitative estimate of drug-likeness (QED) is 0.859. The summed E-state index contributed by atoms with van der Waals surface area (Å²) in [6.45, 7) is 0.0107. The molecule has 19 heavy (non-hydrogen) atoms. The van der Waals surface area contributed by atoms with Crippen LogP contribution >= 0.6 is 0 Å². The standard InChI is InChI=1S/C12H12N2O4S/c15-11-6-1-2-7-12(11)18-19(16,17)14-9-10-5-3-4-8-13-10/h1-8,14-15H,9H2. The molecule has 0 unspecified atom stereocenters. The Morgan fingerprint density at radius 3 is 2.58 bits per heavy atom. The Hall–Kier alpha value is -2.12. The Labute approximate surface area is 111 Å². The van der Waals surface area contributed by atoms with Crippen molar-refractivity contribution in [2.45, 2.75) is 6.54 Å². The van der Waals surface area contributed by atoms with Gasteiger partial charge in [-0.15, -0.1) is 0 Å². The molecule has 0 atom stereocenters. The SMILES string of the molecule is O=S(=O)(NCc1ccccn1)Oc1ccccc1O. The first kappa shape index (κ1) is 13.3. The molecule has 1 heterocycles. The van der Waals surface area contributed by atoms with Crippen molar-refractivity contribution in [2.24, 2.45) is 0 Å². The van der Waals surface area contributed by atoms with Gasteiger partial charge in [-0.25, -0.2) is 0 Å². The molecule has 0 fully saturated rings. The average Bonchev–Trinajstić information content (AvgIpc) is 2.40. The second kappa shape index (κ2) is 5.68. The monoisotopic (exact) mass is 280 g/mol. The number of nitrogens with one attached hydrogen (secondary N) is 1. The summed E-state index contributed by atoms with van der Waals surface area (Å²) in [5.41, 5.74) is 0.562. The second-order valence-electron chi connectivity index (χ2n) is 3.65. The van der Waals surface area contributed by atoms with E-state index in [1.165, 1.54) is 12.1 Å². The number of phenols is 1. The van der Waals surface area contributed by atoms with Gasteiger partial charge in [0.2, 0.25) is 0 Å². The fourth-order valence-corrected chi connectivity index (χ4v) is 2.10. The van der Waals surface area contributed by atoms with Gasteiger partial charge in [-0.05, 0) is 24.3 Å². The van der Waals surface area contributed by atoms with Gasteiger partial charge in [-0.1, -0.05) is 18.2 Å². The van der Waals surface area contributed by atoms with Crippen LogP contribution in [0.2, 0.25) is 0 Å². The van der Waals surface area contributed by atoms with Crippen molar-refractivity contribution in [1.82, 2.24) is 9.71 Å². The smallest absolute Gasteiger partial charge is 0.383 e. The van der Waals surface area contributed by atoms with Gasteiger partial charge in [0.15, 0.2) is 11.5 Å². The molecule has 7 heteroatoms. The third kappa shape index (κ3) is 3.94. The number of benzene rings is 1. The van der Waals surface area contributed by atoms with Crippen LogP contribution in [-0.2, 0) is 16.8 Å². The van der Waals surface area contributed by atoms with Crippen LogP contribution in [0.4, 0.5) is 0 Å². The molecule has 1 aromatic heterocycles.